The van der Waals surface area contributed by atoms with E-state index in [-0.39, 0.29) is 28.3 Å². The number of hydrogen-bond donors (Lipinski definition) is 4. The Hall–Kier alpha value is -6.04. The fourth-order valence-corrected chi connectivity index (χ4v) is 12.9. The van der Waals surface area contributed by atoms with E-state index in [0.29, 0.717) is 48.8 Å². The molecule has 17 heteroatoms. The first-order valence-electron chi connectivity index (χ1n) is 25.6. The van der Waals surface area contributed by atoms with Crippen LogP contribution in [-0.4, -0.2) is 95.0 Å². The molecule has 2 saturated carbocycles. The number of aromatic amines is 1. The third-order valence-corrected chi connectivity index (χ3v) is 17.7. The highest BCUT2D eigenvalue weighted by Gasteiger charge is 2.50. The minimum absolute atomic E-state index is 0.0297. The molecule has 4 N–H and O–H groups in total. The molecule has 4 aromatic carbocycles. The van der Waals surface area contributed by atoms with E-state index in [0.717, 1.165) is 100.0 Å². The third kappa shape index (κ3) is 11.2. The second-order valence-electron chi connectivity index (χ2n) is 21.5. The van der Waals surface area contributed by atoms with Gasteiger partial charge in [-0.15, -0.1) is 0 Å². The topological polar surface area (TPSA) is 186 Å². The van der Waals surface area contributed by atoms with Crippen LogP contribution in [0.2, 0.25) is 5.02 Å². The average Bonchev–Trinajstić information content (AvgIpc) is 3.84. The highest BCUT2D eigenvalue weighted by Crippen LogP contribution is 2.53. The lowest BCUT2D eigenvalue weighted by Gasteiger charge is -2.58. The van der Waals surface area contributed by atoms with Crippen molar-refractivity contribution in [1.29, 1.82) is 0 Å². The Bertz CT molecular complexity index is 3080. The predicted molar refractivity (Wildman–Crippen MR) is 285 cm³/mol. The number of aromatic nitrogens is 2. The standard InChI is InChI=1S/C56H65ClN8O7S/c1-37(2)46-6-4-5-7-47(46)51-36-62(35-39-8-10-41(57)11-9-39)26-27-64(51)43-31-56(32-43)21-24-63(25-22-56)42-12-14-48(52(29-42)72-44-28-40-18-23-58-53(40)60-34-44)54(66)61-73(70,71)45-13-15-49(50(30-45)65(68)69)59-33-38-16-19-55(3,67)20-17-38/h4-15,18,23,28-30,34,37-38,43,51,59,67H,16-17,19-22,24-27,31-33,35-36H2,1-3H3,(H,58,60)(H,61,66)/t38-,51-,55-/m1/s1. The van der Waals surface area contributed by atoms with Crippen molar-refractivity contribution in [3.8, 4) is 11.5 Å². The zero-order valence-corrected chi connectivity index (χ0v) is 43.3. The number of nitro benzene ring substituents is 1. The molecule has 4 aliphatic rings. The minimum Gasteiger partial charge on any atom is -0.455 e. The fraction of sp³-hybridized carbons (Fsp3) is 0.429. The lowest BCUT2D eigenvalue weighted by Crippen LogP contribution is -2.60. The molecular weight excluding hydrogens is 964 g/mol. The van der Waals surface area contributed by atoms with Gasteiger partial charge in [0, 0.05) is 92.3 Å². The quantitative estimate of drug-likeness (QED) is 0.0564. The number of carbonyl (C=O) groups is 1. The third-order valence-electron chi connectivity index (χ3n) is 16.1. The molecule has 384 valence electrons. The van der Waals surface area contributed by atoms with Crippen molar-refractivity contribution in [2.45, 2.75) is 107 Å². The van der Waals surface area contributed by atoms with E-state index in [1.807, 2.05) is 31.2 Å². The molecule has 15 nitrogen and oxygen atoms in total. The zero-order chi connectivity index (χ0) is 51.1. The summed E-state index contributed by atoms with van der Waals surface area (Å²) < 4.78 is 36.2. The average molecular weight is 1030 g/mol. The number of nitrogens with one attached hydrogen (secondary N) is 3. The highest BCUT2D eigenvalue weighted by atomic mass is 35.5. The van der Waals surface area contributed by atoms with Gasteiger partial charge in [-0.2, -0.15) is 0 Å². The number of fused-ring (bicyclic) bond motifs is 1. The van der Waals surface area contributed by atoms with Gasteiger partial charge in [0.2, 0.25) is 0 Å². The summed E-state index contributed by atoms with van der Waals surface area (Å²) in [4.78, 5) is 40.5. The van der Waals surface area contributed by atoms with Crippen LogP contribution in [0.25, 0.3) is 11.0 Å². The van der Waals surface area contributed by atoms with Crippen LogP contribution in [0.5, 0.6) is 11.5 Å². The summed E-state index contributed by atoms with van der Waals surface area (Å²) in [6, 6.07) is 30.4. The maximum atomic E-state index is 14.1. The van der Waals surface area contributed by atoms with Crippen LogP contribution in [0.4, 0.5) is 17.1 Å². The number of carbonyl (C=O) groups excluding carboxylic acids is 1. The van der Waals surface area contributed by atoms with E-state index in [1.165, 1.54) is 28.8 Å². The lowest BCUT2D eigenvalue weighted by atomic mass is 9.59. The number of benzene rings is 4. The maximum Gasteiger partial charge on any atom is 0.293 e. The first kappa shape index (κ1) is 50.5. The van der Waals surface area contributed by atoms with Gasteiger partial charge in [-0.3, -0.25) is 24.7 Å². The number of anilines is 2. The van der Waals surface area contributed by atoms with Gasteiger partial charge in [-0.05, 0) is 141 Å². The molecule has 0 bridgehead atoms. The summed E-state index contributed by atoms with van der Waals surface area (Å²) in [7, 11) is -4.59. The molecule has 0 unspecified atom stereocenters. The van der Waals surface area contributed by atoms with Gasteiger partial charge in [0.15, 0.2) is 0 Å². The van der Waals surface area contributed by atoms with E-state index in [4.69, 9.17) is 16.3 Å². The van der Waals surface area contributed by atoms with Crippen LogP contribution in [0.15, 0.2) is 114 Å². The Balaban J connectivity index is 0.832. The maximum absolute atomic E-state index is 14.1. The number of H-pyrrole nitrogens is 1. The highest BCUT2D eigenvalue weighted by molar-refractivity contribution is 7.90. The molecule has 1 atom stereocenters. The Morgan fingerprint density at radius 2 is 1.71 bits per heavy atom. The first-order chi connectivity index (χ1) is 35.0. The second kappa shape index (κ2) is 20.7. The number of halogens is 1. The molecule has 2 aliphatic carbocycles. The summed E-state index contributed by atoms with van der Waals surface area (Å²) in [5.41, 5.74) is 4.85. The van der Waals surface area contributed by atoms with Crippen molar-refractivity contribution < 1.29 is 28.0 Å². The van der Waals surface area contributed by atoms with Crippen molar-refractivity contribution in [3.05, 3.63) is 147 Å². The summed E-state index contributed by atoms with van der Waals surface area (Å²) in [5.74, 6) is 0.165. The number of nitro groups is 1. The Labute approximate surface area is 432 Å². The van der Waals surface area contributed by atoms with E-state index in [9.17, 15) is 28.4 Å². The molecule has 2 aromatic heterocycles. The van der Waals surface area contributed by atoms with Crippen LogP contribution in [0.1, 0.15) is 111 Å². The van der Waals surface area contributed by atoms with Crippen molar-refractivity contribution in [2.75, 3.05) is 49.5 Å². The smallest absolute Gasteiger partial charge is 0.293 e. The Morgan fingerprint density at radius 1 is 0.959 bits per heavy atom. The van der Waals surface area contributed by atoms with Crippen molar-refractivity contribution in [1.82, 2.24) is 24.5 Å². The molecule has 6 aromatic rings. The molecule has 73 heavy (non-hydrogen) atoms. The number of aliphatic hydroxyl groups is 1. The van der Waals surface area contributed by atoms with Gasteiger partial charge in [0.1, 0.15) is 22.8 Å². The summed E-state index contributed by atoms with van der Waals surface area (Å²) >= 11 is 6.23. The largest absolute Gasteiger partial charge is 0.455 e. The van der Waals surface area contributed by atoms with E-state index in [1.54, 1.807) is 30.6 Å². The van der Waals surface area contributed by atoms with Crippen LogP contribution >= 0.6 is 11.6 Å². The van der Waals surface area contributed by atoms with Crippen molar-refractivity contribution in [2.24, 2.45) is 11.3 Å². The molecule has 0 radical (unpaired) electrons. The number of hydrogen-bond acceptors (Lipinski definition) is 12. The van der Waals surface area contributed by atoms with E-state index < -0.39 is 37.0 Å². The summed E-state index contributed by atoms with van der Waals surface area (Å²) in [6.07, 6.45) is 10.4. The zero-order valence-electron chi connectivity index (χ0n) is 41.7. The van der Waals surface area contributed by atoms with Gasteiger partial charge in [0.05, 0.1) is 27.2 Å². The van der Waals surface area contributed by atoms with Crippen LogP contribution in [-0.2, 0) is 16.6 Å². The molecule has 4 heterocycles. The van der Waals surface area contributed by atoms with Gasteiger partial charge >= 0.3 is 0 Å². The molecule has 4 fully saturated rings. The molecule has 10 rings (SSSR count). The number of ether oxygens (including phenoxy) is 1. The summed E-state index contributed by atoms with van der Waals surface area (Å²) in [5, 5.41) is 27.2. The fourth-order valence-electron chi connectivity index (χ4n) is 11.8. The van der Waals surface area contributed by atoms with Crippen LogP contribution in [0.3, 0.4) is 0 Å². The molecule has 2 aliphatic heterocycles. The number of amides is 1. The van der Waals surface area contributed by atoms with Gasteiger partial charge < -0.3 is 25.0 Å². The molecule has 1 spiro atoms. The lowest BCUT2D eigenvalue weighted by molar-refractivity contribution is -0.384. The van der Waals surface area contributed by atoms with Crippen LogP contribution in [0, 0.1) is 21.4 Å². The molecule has 2 saturated heterocycles. The van der Waals surface area contributed by atoms with Gasteiger partial charge in [-0.1, -0.05) is 61.8 Å². The van der Waals surface area contributed by atoms with E-state index in [2.05, 4.69) is 85.0 Å². The minimum atomic E-state index is -4.59. The number of rotatable bonds is 15. The number of piperidine rings is 1. The van der Waals surface area contributed by atoms with Gasteiger partial charge in [0.25, 0.3) is 21.6 Å². The Morgan fingerprint density at radius 3 is 2.45 bits per heavy atom. The number of sulfonamides is 1. The predicted octanol–water partition coefficient (Wildman–Crippen LogP) is 10.8. The Kier molecular flexibility index (Phi) is 14.3. The van der Waals surface area contributed by atoms with Crippen molar-refractivity contribution in [3.63, 3.8) is 0 Å². The number of nitrogens with zero attached hydrogens (tertiary/aromatic N) is 5. The molecular formula is C56H65ClN8O7S. The normalized spacial score (nSPS) is 21.8. The second-order valence-corrected chi connectivity index (χ2v) is 23.6. The number of piperazine rings is 1. The van der Waals surface area contributed by atoms with Crippen LogP contribution < -0.4 is 19.7 Å². The van der Waals surface area contributed by atoms with Gasteiger partial charge in [-0.25, -0.2) is 18.1 Å². The SMILES string of the molecule is CC(C)c1ccccc1[C@H]1CN(Cc2ccc(Cl)cc2)CCN1C1CC2(CCN(c3ccc(C(=O)NS(=O)(=O)c4ccc(NC[C@H]5CC[C@](C)(O)CC5)c([N+](=O)[O-])c4)c(Oc4cnc5[nH]ccc5c4)c3)CC2)C1. The van der Waals surface area contributed by atoms with Crippen molar-refractivity contribution >= 4 is 55.6 Å². The monoisotopic (exact) mass is 1030 g/mol. The molecule has 1 amide bonds. The number of pyridine rings is 1. The summed E-state index contributed by atoms with van der Waals surface area (Å²) in [6.45, 7) is 12.3. The first-order valence-corrected chi connectivity index (χ1v) is 27.5. The van der Waals surface area contributed by atoms with E-state index >= 15 is 0 Å².